The zero-order chi connectivity index (χ0) is 23.4. The first-order valence-corrected chi connectivity index (χ1v) is 10.8. The van der Waals surface area contributed by atoms with Gasteiger partial charge in [0.05, 0.1) is 11.5 Å². The van der Waals surface area contributed by atoms with Crippen LogP contribution >= 0.6 is 0 Å². The molecule has 0 aliphatic heterocycles. The lowest BCUT2D eigenvalue weighted by atomic mass is 10.1. The summed E-state index contributed by atoms with van der Waals surface area (Å²) < 4.78 is 67.1. The molecule has 0 aromatic heterocycles. The van der Waals surface area contributed by atoms with E-state index >= 15 is 0 Å². The fourth-order valence-electron chi connectivity index (χ4n) is 2.75. The van der Waals surface area contributed by atoms with E-state index < -0.39 is 28.7 Å². The fraction of sp³-hybridized carbons (Fsp3) is 0.381. The lowest BCUT2D eigenvalue weighted by Gasteiger charge is -2.16. The summed E-state index contributed by atoms with van der Waals surface area (Å²) >= 11 is 0. The molecule has 1 N–H and O–H groups in total. The van der Waals surface area contributed by atoms with Gasteiger partial charge in [-0.25, -0.2) is 12.7 Å². The van der Waals surface area contributed by atoms with Crippen LogP contribution in [0, 0.1) is 13.8 Å². The maximum absolute atomic E-state index is 12.6. The van der Waals surface area contributed by atoms with Crippen LogP contribution < -0.4 is 5.32 Å². The van der Waals surface area contributed by atoms with Crippen LogP contribution in [0.15, 0.2) is 41.3 Å². The Balaban J connectivity index is 2.05. The quantitative estimate of drug-likeness (QED) is 0.656. The average Bonchev–Trinajstić information content (AvgIpc) is 2.67. The highest BCUT2D eigenvalue weighted by Crippen LogP contribution is 2.23. The van der Waals surface area contributed by atoms with Gasteiger partial charge in [-0.2, -0.15) is 13.2 Å². The first-order chi connectivity index (χ1) is 14.3. The molecule has 0 spiro atoms. The van der Waals surface area contributed by atoms with Crippen LogP contribution in [0.5, 0.6) is 0 Å². The Bertz CT molecular complexity index is 1030. The van der Waals surface area contributed by atoms with Crippen molar-refractivity contribution in [2.45, 2.75) is 38.1 Å². The molecule has 2 rings (SSSR count). The lowest BCUT2D eigenvalue weighted by molar-refractivity contribution is -0.176. The Labute approximate surface area is 180 Å². The Kier molecular flexibility index (Phi) is 7.85. The number of halogens is 3. The molecule has 0 bridgehead atoms. The van der Waals surface area contributed by atoms with Crippen molar-refractivity contribution < 1.29 is 31.1 Å². The van der Waals surface area contributed by atoms with Gasteiger partial charge in [0.15, 0.2) is 0 Å². The summed E-state index contributed by atoms with van der Waals surface area (Å²) in [5.41, 5.74) is 2.79. The molecule has 1 amide bonds. The number of aryl methyl sites for hydroxylation is 1. The number of hydrogen-bond acceptors (Lipinski definition) is 4. The maximum atomic E-state index is 12.6. The van der Waals surface area contributed by atoms with E-state index in [2.05, 4.69) is 10.1 Å². The highest BCUT2D eigenvalue weighted by atomic mass is 32.2. The number of ether oxygens (including phenoxy) is 1. The summed E-state index contributed by atoms with van der Waals surface area (Å²) in [4.78, 5) is 12.7. The van der Waals surface area contributed by atoms with E-state index in [9.17, 15) is 26.4 Å². The van der Waals surface area contributed by atoms with E-state index in [-0.39, 0.29) is 23.6 Å². The molecule has 31 heavy (non-hydrogen) atoms. The molecule has 10 heteroatoms. The molecule has 0 heterocycles. The third-order valence-electron chi connectivity index (χ3n) is 4.65. The van der Waals surface area contributed by atoms with E-state index in [1.165, 1.54) is 20.2 Å². The van der Waals surface area contributed by atoms with Gasteiger partial charge in [0.25, 0.3) is 5.91 Å². The standard InChI is InChI=1S/C21H25F3N2O4S/c1-14-9-18(10-19(15(14)2)31(28,29)26(3)4)20(27)25-11-16-5-7-17(8-6-16)12-30-13-21(22,23)24/h5-10H,11-13H2,1-4H3,(H,25,27). The zero-order valence-electron chi connectivity index (χ0n) is 17.7. The van der Waals surface area contributed by atoms with Crippen LogP contribution in [0.1, 0.15) is 32.6 Å². The number of nitrogens with one attached hydrogen (secondary N) is 1. The molecule has 0 fully saturated rings. The van der Waals surface area contributed by atoms with E-state index in [1.54, 1.807) is 44.2 Å². The second kappa shape index (κ2) is 9.80. The van der Waals surface area contributed by atoms with Crippen molar-refractivity contribution in [1.29, 1.82) is 0 Å². The fourth-order valence-corrected chi connectivity index (χ4v) is 3.96. The van der Waals surface area contributed by atoms with E-state index in [0.717, 1.165) is 9.87 Å². The van der Waals surface area contributed by atoms with Crippen molar-refractivity contribution in [3.05, 3.63) is 64.2 Å². The first-order valence-electron chi connectivity index (χ1n) is 9.35. The Morgan fingerprint density at radius 1 is 1.06 bits per heavy atom. The normalized spacial score (nSPS) is 12.3. The third kappa shape index (κ3) is 6.78. The van der Waals surface area contributed by atoms with Crippen LogP contribution in [0.4, 0.5) is 13.2 Å². The van der Waals surface area contributed by atoms with Crippen LogP contribution in [0.3, 0.4) is 0 Å². The van der Waals surface area contributed by atoms with Gasteiger partial charge >= 0.3 is 6.18 Å². The number of hydrogen-bond donors (Lipinski definition) is 1. The molecule has 170 valence electrons. The van der Waals surface area contributed by atoms with Crippen molar-refractivity contribution in [3.8, 4) is 0 Å². The van der Waals surface area contributed by atoms with Crippen molar-refractivity contribution in [2.24, 2.45) is 0 Å². The SMILES string of the molecule is Cc1cc(C(=O)NCc2ccc(COCC(F)(F)F)cc2)cc(S(=O)(=O)N(C)C)c1C. The number of benzene rings is 2. The Morgan fingerprint density at radius 2 is 1.65 bits per heavy atom. The maximum Gasteiger partial charge on any atom is 0.411 e. The molecule has 6 nitrogen and oxygen atoms in total. The van der Waals surface area contributed by atoms with E-state index in [1.807, 2.05) is 0 Å². The number of nitrogens with zero attached hydrogens (tertiary/aromatic N) is 1. The topological polar surface area (TPSA) is 75.7 Å². The summed E-state index contributed by atoms with van der Waals surface area (Å²) in [6, 6.07) is 9.57. The van der Waals surface area contributed by atoms with Gasteiger partial charge in [0, 0.05) is 26.2 Å². The van der Waals surface area contributed by atoms with Gasteiger partial charge in [-0.05, 0) is 48.2 Å². The summed E-state index contributed by atoms with van der Waals surface area (Å²) in [6.07, 6.45) is -4.37. The number of rotatable bonds is 8. The van der Waals surface area contributed by atoms with Crippen molar-refractivity contribution in [2.75, 3.05) is 20.7 Å². The summed E-state index contributed by atoms with van der Waals surface area (Å²) in [7, 11) is -0.853. The van der Waals surface area contributed by atoms with Crippen molar-refractivity contribution >= 4 is 15.9 Å². The summed E-state index contributed by atoms with van der Waals surface area (Å²) in [5, 5.41) is 2.72. The zero-order valence-corrected chi connectivity index (χ0v) is 18.5. The minimum Gasteiger partial charge on any atom is -0.367 e. The molecule has 2 aromatic rings. The predicted molar refractivity (Wildman–Crippen MR) is 110 cm³/mol. The number of amides is 1. The highest BCUT2D eigenvalue weighted by Gasteiger charge is 2.27. The molecular formula is C21H25F3N2O4S. The average molecular weight is 459 g/mol. The third-order valence-corrected chi connectivity index (χ3v) is 6.59. The molecule has 0 atom stereocenters. The summed E-state index contributed by atoms with van der Waals surface area (Å²) in [5.74, 6) is -0.434. The first kappa shape index (κ1) is 24.8. The van der Waals surface area contributed by atoms with Crippen LogP contribution in [-0.2, 0) is 27.9 Å². The Hall–Kier alpha value is -2.43. The second-order valence-electron chi connectivity index (χ2n) is 7.31. The molecule has 0 aliphatic carbocycles. The molecule has 2 aromatic carbocycles. The molecular weight excluding hydrogens is 433 g/mol. The van der Waals surface area contributed by atoms with Gasteiger partial charge in [0.2, 0.25) is 10.0 Å². The van der Waals surface area contributed by atoms with E-state index in [0.29, 0.717) is 16.7 Å². The monoisotopic (exact) mass is 458 g/mol. The van der Waals surface area contributed by atoms with Crippen LogP contribution in [0.2, 0.25) is 0 Å². The minimum absolute atomic E-state index is 0.0749. The van der Waals surface area contributed by atoms with Crippen molar-refractivity contribution in [3.63, 3.8) is 0 Å². The van der Waals surface area contributed by atoms with Gasteiger partial charge in [-0.3, -0.25) is 4.79 Å². The van der Waals surface area contributed by atoms with Gasteiger partial charge in [-0.1, -0.05) is 24.3 Å². The lowest BCUT2D eigenvalue weighted by Crippen LogP contribution is -2.26. The highest BCUT2D eigenvalue weighted by molar-refractivity contribution is 7.89. The Morgan fingerprint density at radius 3 is 2.19 bits per heavy atom. The van der Waals surface area contributed by atoms with Gasteiger partial charge < -0.3 is 10.1 Å². The minimum atomic E-state index is -4.37. The van der Waals surface area contributed by atoms with Gasteiger partial charge in [-0.15, -0.1) is 0 Å². The smallest absolute Gasteiger partial charge is 0.367 e. The number of alkyl halides is 3. The van der Waals surface area contributed by atoms with E-state index in [4.69, 9.17) is 0 Å². The summed E-state index contributed by atoms with van der Waals surface area (Å²) in [6.45, 7) is 2.11. The van der Waals surface area contributed by atoms with Crippen LogP contribution in [-0.4, -0.2) is 45.5 Å². The number of carbonyl (C=O) groups is 1. The molecule has 0 unspecified atom stereocenters. The second-order valence-corrected chi connectivity index (χ2v) is 9.43. The largest absolute Gasteiger partial charge is 0.411 e. The van der Waals surface area contributed by atoms with Crippen molar-refractivity contribution in [1.82, 2.24) is 9.62 Å². The molecule has 0 saturated heterocycles. The predicted octanol–water partition coefficient (Wildman–Crippen LogP) is 3.56. The molecule has 0 saturated carbocycles. The number of carbonyl (C=O) groups excluding carboxylic acids is 1. The number of sulfonamides is 1. The van der Waals surface area contributed by atoms with Gasteiger partial charge in [0.1, 0.15) is 6.61 Å². The van der Waals surface area contributed by atoms with Crippen LogP contribution in [0.25, 0.3) is 0 Å². The molecule has 0 aliphatic rings. The molecule has 0 radical (unpaired) electrons.